The zero-order valence-corrected chi connectivity index (χ0v) is 13.0. The first-order chi connectivity index (χ1) is 10.3. The van der Waals surface area contributed by atoms with Crippen LogP contribution >= 0.6 is 0 Å². The Hall–Kier alpha value is -1.14. The number of hydrogen-bond acceptors (Lipinski definition) is 5. The Labute approximate surface area is 127 Å². The number of aliphatic hydroxyl groups excluding tert-OH is 1. The predicted molar refractivity (Wildman–Crippen MR) is 82.6 cm³/mol. The lowest BCUT2D eigenvalue weighted by Gasteiger charge is -2.13. The van der Waals surface area contributed by atoms with E-state index in [4.69, 9.17) is 14.2 Å². The van der Waals surface area contributed by atoms with E-state index in [0.717, 1.165) is 25.3 Å². The predicted octanol–water partition coefficient (Wildman–Crippen LogP) is 1.59. The van der Waals surface area contributed by atoms with Crippen LogP contribution in [0, 0.1) is 0 Å². The average Bonchev–Trinajstić information content (AvgIpc) is 2.51. The van der Waals surface area contributed by atoms with Crippen molar-refractivity contribution in [1.82, 2.24) is 5.32 Å². The van der Waals surface area contributed by atoms with Gasteiger partial charge in [-0.2, -0.15) is 0 Å². The molecule has 0 amide bonds. The Morgan fingerprint density at radius 2 is 1.90 bits per heavy atom. The van der Waals surface area contributed by atoms with Gasteiger partial charge >= 0.3 is 0 Å². The lowest BCUT2D eigenvalue weighted by atomic mass is 10.2. The highest BCUT2D eigenvalue weighted by atomic mass is 16.5. The molecule has 0 fully saturated rings. The maximum Gasteiger partial charge on any atom is 0.119 e. The quantitative estimate of drug-likeness (QED) is 0.574. The summed E-state index contributed by atoms with van der Waals surface area (Å²) in [5, 5.41) is 13.1. The van der Waals surface area contributed by atoms with Gasteiger partial charge in [-0.1, -0.05) is 19.1 Å². The monoisotopic (exact) mass is 297 g/mol. The minimum atomic E-state index is -0.632. The zero-order chi connectivity index (χ0) is 15.3. The van der Waals surface area contributed by atoms with Crippen LogP contribution in [0.5, 0.6) is 5.75 Å². The maximum atomic E-state index is 9.71. The SMILES string of the molecule is CCCNCc1ccc(OCC(O)COCCOC)cc1. The third-order valence-corrected chi connectivity index (χ3v) is 2.86. The molecule has 0 radical (unpaired) electrons. The first kappa shape index (κ1) is 17.9. The van der Waals surface area contributed by atoms with Crippen molar-refractivity contribution < 1.29 is 19.3 Å². The summed E-state index contributed by atoms with van der Waals surface area (Å²) in [6.45, 7) is 5.52. The molecule has 1 atom stereocenters. The van der Waals surface area contributed by atoms with Crippen molar-refractivity contribution in [2.24, 2.45) is 0 Å². The van der Waals surface area contributed by atoms with E-state index in [2.05, 4.69) is 12.2 Å². The van der Waals surface area contributed by atoms with Crippen molar-refractivity contribution in [1.29, 1.82) is 0 Å². The fourth-order valence-corrected chi connectivity index (χ4v) is 1.72. The van der Waals surface area contributed by atoms with Gasteiger partial charge in [-0.3, -0.25) is 0 Å². The van der Waals surface area contributed by atoms with E-state index in [-0.39, 0.29) is 13.2 Å². The van der Waals surface area contributed by atoms with E-state index >= 15 is 0 Å². The molecule has 0 aliphatic rings. The molecule has 1 aromatic rings. The summed E-state index contributed by atoms with van der Waals surface area (Å²) in [6.07, 6.45) is 0.499. The maximum absolute atomic E-state index is 9.71. The molecule has 0 aliphatic heterocycles. The van der Waals surface area contributed by atoms with Crippen LogP contribution < -0.4 is 10.1 Å². The summed E-state index contributed by atoms with van der Waals surface area (Å²) in [4.78, 5) is 0. The van der Waals surface area contributed by atoms with Gasteiger partial charge in [-0.25, -0.2) is 0 Å². The van der Waals surface area contributed by atoms with E-state index in [1.54, 1.807) is 7.11 Å². The Morgan fingerprint density at radius 3 is 2.57 bits per heavy atom. The standard InChI is InChI=1S/C16H27NO4/c1-3-8-17-11-14-4-6-16(7-5-14)21-13-15(18)12-20-10-9-19-2/h4-7,15,17-18H,3,8-13H2,1-2H3. The fraction of sp³-hybridized carbons (Fsp3) is 0.625. The molecule has 1 aromatic carbocycles. The molecular weight excluding hydrogens is 270 g/mol. The van der Waals surface area contributed by atoms with Crippen molar-refractivity contribution in [2.45, 2.75) is 26.0 Å². The summed E-state index contributed by atoms with van der Waals surface area (Å²) >= 11 is 0. The Balaban J connectivity index is 2.19. The van der Waals surface area contributed by atoms with Gasteiger partial charge in [0.15, 0.2) is 0 Å². The second-order valence-electron chi connectivity index (χ2n) is 4.85. The van der Waals surface area contributed by atoms with Crippen LogP contribution in [0.1, 0.15) is 18.9 Å². The lowest BCUT2D eigenvalue weighted by molar-refractivity contribution is -0.00419. The largest absolute Gasteiger partial charge is 0.491 e. The Kier molecular flexibility index (Phi) is 9.82. The number of rotatable bonds is 12. The number of methoxy groups -OCH3 is 1. The third-order valence-electron chi connectivity index (χ3n) is 2.86. The Morgan fingerprint density at radius 1 is 1.14 bits per heavy atom. The van der Waals surface area contributed by atoms with Crippen LogP contribution in [-0.2, 0) is 16.0 Å². The molecule has 1 rings (SSSR count). The van der Waals surface area contributed by atoms with E-state index in [9.17, 15) is 5.11 Å². The van der Waals surface area contributed by atoms with Crippen molar-refractivity contribution in [3.05, 3.63) is 29.8 Å². The molecular formula is C16H27NO4. The summed E-state index contributed by atoms with van der Waals surface area (Å²) in [5.74, 6) is 0.755. The van der Waals surface area contributed by atoms with Crippen molar-refractivity contribution in [2.75, 3.05) is 40.1 Å². The van der Waals surface area contributed by atoms with Gasteiger partial charge in [0.2, 0.25) is 0 Å². The fourth-order valence-electron chi connectivity index (χ4n) is 1.72. The number of ether oxygens (including phenoxy) is 3. The number of nitrogens with one attached hydrogen (secondary N) is 1. The molecule has 5 nitrogen and oxygen atoms in total. The van der Waals surface area contributed by atoms with E-state index in [1.807, 2.05) is 24.3 Å². The Bertz CT molecular complexity index is 356. The van der Waals surface area contributed by atoms with Gasteiger partial charge in [0.25, 0.3) is 0 Å². The lowest BCUT2D eigenvalue weighted by Crippen LogP contribution is -2.24. The van der Waals surface area contributed by atoms with Crippen LogP contribution in [0.2, 0.25) is 0 Å². The van der Waals surface area contributed by atoms with E-state index in [0.29, 0.717) is 13.2 Å². The number of hydrogen-bond donors (Lipinski definition) is 2. The summed E-state index contributed by atoms with van der Waals surface area (Å²) in [7, 11) is 1.62. The number of aliphatic hydroxyl groups is 1. The van der Waals surface area contributed by atoms with Crippen molar-refractivity contribution in [3.8, 4) is 5.75 Å². The summed E-state index contributed by atoms with van der Waals surface area (Å²) < 4.78 is 15.6. The molecule has 0 aliphatic carbocycles. The van der Waals surface area contributed by atoms with E-state index in [1.165, 1.54) is 5.56 Å². The minimum absolute atomic E-state index is 0.223. The van der Waals surface area contributed by atoms with Crippen molar-refractivity contribution in [3.63, 3.8) is 0 Å². The van der Waals surface area contributed by atoms with Gasteiger partial charge in [0.1, 0.15) is 18.5 Å². The smallest absolute Gasteiger partial charge is 0.119 e. The van der Waals surface area contributed by atoms with Gasteiger partial charge in [0.05, 0.1) is 19.8 Å². The molecule has 0 aromatic heterocycles. The third kappa shape index (κ3) is 8.67. The van der Waals surface area contributed by atoms with Crippen LogP contribution in [0.15, 0.2) is 24.3 Å². The first-order valence-electron chi connectivity index (χ1n) is 7.43. The van der Waals surface area contributed by atoms with E-state index < -0.39 is 6.10 Å². The highest BCUT2D eigenvalue weighted by Crippen LogP contribution is 2.12. The highest BCUT2D eigenvalue weighted by Gasteiger charge is 2.05. The summed E-state index contributed by atoms with van der Waals surface area (Å²) in [5.41, 5.74) is 1.22. The molecule has 0 bridgehead atoms. The molecule has 0 saturated carbocycles. The van der Waals surface area contributed by atoms with Gasteiger partial charge in [-0.15, -0.1) is 0 Å². The molecule has 0 spiro atoms. The van der Waals surface area contributed by atoms with Gasteiger partial charge in [0, 0.05) is 13.7 Å². The molecule has 120 valence electrons. The zero-order valence-electron chi connectivity index (χ0n) is 13.0. The molecule has 0 saturated heterocycles. The molecule has 2 N–H and O–H groups in total. The summed E-state index contributed by atoms with van der Waals surface area (Å²) in [6, 6.07) is 7.89. The topological polar surface area (TPSA) is 60.0 Å². The minimum Gasteiger partial charge on any atom is -0.491 e. The second-order valence-corrected chi connectivity index (χ2v) is 4.85. The molecule has 0 heterocycles. The van der Waals surface area contributed by atoms with Crippen LogP contribution in [0.3, 0.4) is 0 Å². The van der Waals surface area contributed by atoms with Crippen LogP contribution in [0.25, 0.3) is 0 Å². The molecule has 5 heteroatoms. The number of benzene rings is 1. The van der Waals surface area contributed by atoms with Gasteiger partial charge in [-0.05, 0) is 30.7 Å². The van der Waals surface area contributed by atoms with Crippen LogP contribution in [-0.4, -0.2) is 51.3 Å². The van der Waals surface area contributed by atoms with Gasteiger partial charge < -0.3 is 24.6 Å². The highest BCUT2D eigenvalue weighted by molar-refractivity contribution is 5.27. The van der Waals surface area contributed by atoms with Crippen LogP contribution in [0.4, 0.5) is 0 Å². The average molecular weight is 297 g/mol. The second kappa shape index (κ2) is 11.5. The van der Waals surface area contributed by atoms with Crippen molar-refractivity contribution >= 4 is 0 Å². The first-order valence-corrected chi connectivity index (χ1v) is 7.43. The molecule has 21 heavy (non-hydrogen) atoms. The molecule has 1 unspecified atom stereocenters. The normalized spacial score (nSPS) is 12.3.